The molecule has 1 aliphatic carbocycles. The lowest BCUT2D eigenvalue weighted by molar-refractivity contribution is 0.0131. The average Bonchev–Trinajstić information content (AvgIpc) is 3.70. The van der Waals surface area contributed by atoms with Gasteiger partial charge in [0.15, 0.2) is 0 Å². The van der Waals surface area contributed by atoms with Gasteiger partial charge in [0.1, 0.15) is 5.69 Å². The van der Waals surface area contributed by atoms with Crippen LogP contribution in [-0.2, 0) is 0 Å². The number of pyridine rings is 1. The third-order valence-electron chi connectivity index (χ3n) is 7.54. The number of aromatic nitrogens is 4. The summed E-state index contributed by atoms with van der Waals surface area (Å²) in [6.45, 7) is 2.91. The number of rotatable bonds is 5. The highest BCUT2D eigenvalue weighted by Gasteiger charge is 2.38. The van der Waals surface area contributed by atoms with Gasteiger partial charge in [-0.05, 0) is 52.3 Å². The number of benzene rings is 1. The number of likely N-dealkylation sites (tertiary alicyclic amines) is 1. The molecule has 0 amide bonds. The first-order valence-corrected chi connectivity index (χ1v) is 14.0. The Labute approximate surface area is 228 Å². The fourth-order valence-corrected chi connectivity index (χ4v) is 6.34. The molecule has 1 atom stereocenters. The van der Waals surface area contributed by atoms with Crippen LogP contribution in [0.3, 0.4) is 0 Å². The summed E-state index contributed by atoms with van der Waals surface area (Å²) in [5.41, 5.74) is 8.00. The summed E-state index contributed by atoms with van der Waals surface area (Å²) >= 11 is 1.70. The van der Waals surface area contributed by atoms with Crippen molar-refractivity contribution >= 4 is 38.7 Å². The number of H-pyrrole nitrogens is 2. The van der Waals surface area contributed by atoms with Crippen LogP contribution in [0.1, 0.15) is 18.9 Å². The fraction of sp³-hybridized carbons (Fsp3) is 0.226. The number of fused-ring (bicyclic) bond motifs is 2. The highest BCUT2D eigenvalue weighted by atomic mass is 32.1. The van der Waals surface area contributed by atoms with Crippen molar-refractivity contribution in [3.63, 3.8) is 0 Å². The van der Waals surface area contributed by atoms with Gasteiger partial charge < -0.3 is 4.98 Å². The summed E-state index contributed by atoms with van der Waals surface area (Å²) in [5, 5.41) is 12.1. The Morgan fingerprint density at radius 1 is 1.13 bits per heavy atom. The van der Waals surface area contributed by atoms with Crippen molar-refractivity contribution in [2.24, 2.45) is 5.92 Å². The SMILES string of the molecule is C[C@H]1C=CC(CN2CCC(F)(F)C2)=CC(c2ccc3[nH]nc(-c4cc5c(-c6cccs6)cncc5[nH]4)c3c2)=C1. The molecule has 8 heteroatoms. The number of allylic oxidation sites excluding steroid dienone is 4. The number of thiophene rings is 1. The maximum atomic E-state index is 13.8. The summed E-state index contributed by atoms with van der Waals surface area (Å²) in [4.78, 5) is 11.0. The van der Waals surface area contributed by atoms with Crippen molar-refractivity contribution in [1.29, 1.82) is 0 Å². The number of alkyl halides is 2. The third kappa shape index (κ3) is 4.64. The summed E-state index contributed by atoms with van der Waals surface area (Å²) in [7, 11) is 0. The maximum Gasteiger partial charge on any atom is 0.261 e. The Kier molecular flexibility index (Phi) is 5.82. The van der Waals surface area contributed by atoms with Gasteiger partial charge >= 0.3 is 0 Å². The van der Waals surface area contributed by atoms with Crippen LogP contribution in [-0.4, -0.2) is 50.6 Å². The molecule has 0 spiro atoms. The lowest BCUT2D eigenvalue weighted by Gasteiger charge is -2.16. The molecule has 1 fully saturated rings. The first-order valence-electron chi connectivity index (χ1n) is 13.1. The molecule has 1 aromatic carbocycles. The third-order valence-corrected chi connectivity index (χ3v) is 8.44. The normalized spacial score (nSPS) is 19.5. The Balaban J connectivity index is 1.26. The molecule has 0 bridgehead atoms. The van der Waals surface area contributed by atoms with Crippen LogP contribution in [0.25, 0.3) is 49.2 Å². The summed E-state index contributed by atoms with van der Waals surface area (Å²) in [6.07, 6.45) is 12.3. The zero-order valence-corrected chi connectivity index (χ0v) is 22.2. The van der Waals surface area contributed by atoms with E-state index in [4.69, 9.17) is 0 Å². The molecular weight excluding hydrogens is 512 g/mol. The zero-order valence-electron chi connectivity index (χ0n) is 21.4. The molecule has 2 aliphatic rings. The summed E-state index contributed by atoms with van der Waals surface area (Å²) in [5.74, 6) is -2.36. The van der Waals surface area contributed by atoms with Crippen LogP contribution in [0.4, 0.5) is 8.78 Å². The number of nitrogens with one attached hydrogen (secondary N) is 2. The lowest BCUT2D eigenvalue weighted by atomic mass is 9.98. The molecule has 2 N–H and O–H groups in total. The Morgan fingerprint density at radius 2 is 2.05 bits per heavy atom. The van der Waals surface area contributed by atoms with Crippen LogP contribution >= 0.6 is 11.3 Å². The predicted molar refractivity (Wildman–Crippen MR) is 155 cm³/mol. The second-order valence-electron chi connectivity index (χ2n) is 10.5. The van der Waals surface area contributed by atoms with Gasteiger partial charge in [0.05, 0.1) is 29.5 Å². The fourth-order valence-electron chi connectivity index (χ4n) is 5.59. The number of aromatic amines is 2. The second-order valence-corrected chi connectivity index (χ2v) is 11.5. The molecule has 39 heavy (non-hydrogen) atoms. The van der Waals surface area contributed by atoms with E-state index in [1.807, 2.05) is 23.4 Å². The Morgan fingerprint density at radius 3 is 2.87 bits per heavy atom. The van der Waals surface area contributed by atoms with Gasteiger partial charge in [0, 0.05) is 46.9 Å². The van der Waals surface area contributed by atoms with Crippen LogP contribution in [0.15, 0.2) is 84.0 Å². The average molecular weight is 540 g/mol. The van der Waals surface area contributed by atoms with Gasteiger partial charge in [0.25, 0.3) is 5.92 Å². The Hall–Kier alpha value is -3.88. The van der Waals surface area contributed by atoms with E-state index in [2.05, 4.69) is 87.1 Å². The van der Waals surface area contributed by atoms with Crippen LogP contribution in [0.5, 0.6) is 0 Å². The molecule has 0 unspecified atom stereocenters. The lowest BCUT2D eigenvalue weighted by Crippen LogP contribution is -2.26. The largest absolute Gasteiger partial charge is 0.352 e. The first-order chi connectivity index (χ1) is 18.9. The topological polar surface area (TPSA) is 60.6 Å². The van der Waals surface area contributed by atoms with E-state index in [1.165, 1.54) is 4.88 Å². The van der Waals surface area contributed by atoms with Crippen molar-refractivity contribution in [2.45, 2.75) is 19.3 Å². The highest BCUT2D eigenvalue weighted by molar-refractivity contribution is 7.13. The monoisotopic (exact) mass is 539 g/mol. The summed E-state index contributed by atoms with van der Waals surface area (Å²) < 4.78 is 27.6. The molecule has 7 rings (SSSR count). The molecule has 0 radical (unpaired) electrons. The van der Waals surface area contributed by atoms with Crippen LogP contribution in [0.2, 0.25) is 0 Å². The van der Waals surface area contributed by atoms with Gasteiger partial charge in [-0.3, -0.25) is 15.0 Å². The van der Waals surface area contributed by atoms with Gasteiger partial charge in [-0.2, -0.15) is 5.10 Å². The predicted octanol–water partition coefficient (Wildman–Crippen LogP) is 7.69. The molecule has 5 heterocycles. The first kappa shape index (κ1) is 24.2. The molecule has 1 saturated heterocycles. The number of hydrogen-bond donors (Lipinski definition) is 2. The van der Waals surface area contributed by atoms with E-state index in [0.717, 1.165) is 55.5 Å². The van der Waals surface area contributed by atoms with E-state index >= 15 is 0 Å². The van der Waals surface area contributed by atoms with Gasteiger partial charge in [0.2, 0.25) is 0 Å². The van der Waals surface area contributed by atoms with Crippen molar-refractivity contribution in [2.75, 3.05) is 19.6 Å². The number of nitrogens with zero attached hydrogens (tertiary/aromatic N) is 3. The van der Waals surface area contributed by atoms with E-state index in [0.29, 0.717) is 13.1 Å². The second kappa shape index (κ2) is 9.39. The number of halogens is 2. The zero-order chi connectivity index (χ0) is 26.6. The van der Waals surface area contributed by atoms with Crippen LogP contribution in [0, 0.1) is 5.92 Å². The quantitative estimate of drug-likeness (QED) is 0.241. The molecule has 1 aliphatic heterocycles. The molecule has 4 aromatic heterocycles. The minimum absolute atomic E-state index is 0.0678. The molecule has 5 nitrogen and oxygen atoms in total. The highest BCUT2D eigenvalue weighted by Crippen LogP contribution is 2.36. The number of hydrogen-bond acceptors (Lipinski definition) is 4. The minimum atomic E-state index is -2.59. The standard InChI is InChI=1S/C31H27F2N5S/c1-19-4-5-20(17-38-9-8-31(32,33)18-38)12-22(11-19)21-6-7-26-24(13-21)30(37-36-26)27-14-23-25(29-3-2-10-39-29)15-34-16-28(23)35-27/h2-7,10-16,19,35H,8-9,17-18H2,1H3,(H,36,37)/t19-/m0/s1. The maximum absolute atomic E-state index is 13.8. The molecular formula is C31H27F2N5S. The van der Waals surface area contributed by atoms with Crippen LogP contribution < -0.4 is 0 Å². The van der Waals surface area contributed by atoms with Gasteiger partial charge in [-0.1, -0.05) is 43.4 Å². The van der Waals surface area contributed by atoms with Gasteiger partial charge in [-0.15, -0.1) is 11.3 Å². The van der Waals surface area contributed by atoms with E-state index < -0.39 is 5.92 Å². The van der Waals surface area contributed by atoms with E-state index in [-0.39, 0.29) is 18.9 Å². The van der Waals surface area contributed by atoms with E-state index in [1.54, 1.807) is 11.3 Å². The molecule has 0 saturated carbocycles. The summed E-state index contributed by atoms with van der Waals surface area (Å²) in [6, 6.07) is 12.6. The minimum Gasteiger partial charge on any atom is -0.352 e. The van der Waals surface area contributed by atoms with Crippen molar-refractivity contribution in [3.05, 3.63) is 89.6 Å². The van der Waals surface area contributed by atoms with Gasteiger partial charge in [-0.25, -0.2) is 8.78 Å². The smallest absolute Gasteiger partial charge is 0.261 e. The van der Waals surface area contributed by atoms with Crippen molar-refractivity contribution in [3.8, 4) is 21.8 Å². The van der Waals surface area contributed by atoms with E-state index in [9.17, 15) is 8.78 Å². The molecule has 5 aromatic rings. The molecule has 196 valence electrons. The van der Waals surface area contributed by atoms with Crippen molar-refractivity contribution < 1.29 is 8.78 Å². The van der Waals surface area contributed by atoms with Crippen molar-refractivity contribution in [1.82, 2.24) is 25.1 Å². The Bertz CT molecular complexity index is 1770.